The van der Waals surface area contributed by atoms with Crippen molar-refractivity contribution in [3.63, 3.8) is 0 Å². The van der Waals surface area contributed by atoms with E-state index in [2.05, 4.69) is 19.9 Å². The lowest BCUT2D eigenvalue weighted by molar-refractivity contribution is -0.157. The van der Waals surface area contributed by atoms with Gasteiger partial charge in [0.2, 0.25) is 0 Å². The normalized spacial score (nSPS) is 32.8. The number of hydrogen-bond acceptors (Lipinski definition) is 3. The summed E-state index contributed by atoms with van der Waals surface area (Å²) in [5, 5.41) is 9.57. The quantitative estimate of drug-likeness (QED) is 0.493. The van der Waals surface area contributed by atoms with Crippen LogP contribution in [0.3, 0.4) is 0 Å². The van der Waals surface area contributed by atoms with Gasteiger partial charge in [0.15, 0.2) is 0 Å². The van der Waals surface area contributed by atoms with Crippen LogP contribution in [0.15, 0.2) is 0 Å². The number of rotatable bonds is 8. The Balaban J connectivity index is 1.71. The molecule has 0 aromatic carbocycles. The molecule has 3 heteroatoms. The molecule has 142 valence electrons. The molecule has 0 heterocycles. The van der Waals surface area contributed by atoms with Gasteiger partial charge in [0, 0.05) is 0 Å². The Bertz CT molecular complexity index is 437. The Morgan fingerprint density at radius 2 is 1.68 bits per heavy atom. The van der Waals surface area contributed by atoms with E-state index in [1.807, 2.05) is 0 Å². The van der Waals surface area contributed by atoms with E-state index in [0.717, 1.165) is 63.7 Å². The Morgan fingerprint density at radius 1 is 1.04 bits per heavy atom. The zero-order valence-electron chi connectivity index (χ0n) is 16.4. The highest BCUT2D eigenvalue weighted by atomic mass is 16.5. The van der Waals surface area contributed by atoms with Gasteiger partial charge in [-0.25, -0.2) is 0 Å². The molecule has 2 saturated carbocycles. The maximum absolute atomic E-state index is 12.5. The van der Waals surface area contributed by atoms with E-state index in [-0.39, 0.29) is 23.4 Å². The van der Waals surface area contributed by atoms with Crippen LogP contribution in [0.4, 0.5) is 0 Å². The van der Waals surface area contributed by atoms with Gasteiger partial charge in [0.25, 0.3) is 0 Å². The van der Waals surface area contributed by atoms with Gasteiger partial charge in [0.05, 0.1) is 17.4 Å². The first-order valence-corrected chi connectivity index (χ1v) is 10.7. The van der Waals surface area contributed by atoms with E-state index < -0.39 is 0 Å². The summed E-state index contributed by atoms with van der Waals surface area (Å²) >= 11 is 0. The molecule has 0 N–H and O–H groups in total. The van der Waals surface area contributed by atoms with Crippen molar-refractivity contribution in [2.45, 2.75) is 110 Å². The topological polar surface area (TPSA) is 50.1 Å². The third-order valence-corrected chi connectivity index (χ3v) is 6.56. The molecule has 0 spiro atoms. The van der Waals surface area contributed by atoms with Crippen molar-refractivity contribution in [1.82, 2.24) is 0 Å². The van der Waals surface area contributed by atoms with E-state index in [1.54, 1.807) is 0 Å². The summed E-state index contributed by atoms with van der Waals surface area (Å²) in [5.74, 6) is 0.888. The zero-order valence-corrected chi connectivity index (χ0v) is 16.4. The smallest absolute Gasteiger partial charge is 0.309 e. The van der Waals surface area contributed by atoms with Gasteiger partial charge in [-0.05, 0) is 63.7 Å². The second kappa shape index (κ2) is 10.2. The largest absolute Gasteiger partial charge is 0.462 e. The summed E-state index contributed by atoms with van der Waals surface area (Å²) in [6, 6.07) is 2.56. The predicted octanol–water partition coefficient (Wildman–Crippen LogP) is 6.17. The average molecular weight is 348 g/mol. The molecule has 2 rings (SSSR count). The maximum atomic E-state index is 12.5. The second-order valence-corrected chi connectivity index (χ2v) is 8.49. The molecule has 3 nitrogen and oxygen atoms in total. The van der Waals surface area contributed by atoms with Crippen molar-refractivity contribution in [1.29, 1.82) is 5.26 Å². The molecule has 0 aromatic rings. The molecule has 25 heavy (non-hydrogen) atoms. The van der Waals surface area contributed by atoms with E-state index in [9.17, 15) is 10.1 Å². The highest BCUT2D eigenvalue weighted by Crippen LogP contribution is 2.43. The van der Waals surface area contributed by atoms with Gasteiger partial charge in [-0.3, -0.25) is 4.79 Å². The molecule has 0 aromatic heterocycles. The Morgan fingerprint density at radius 3 is 2.24 bits per heavy atom. The molecule has 0 aliphatic heterocycles. The summed E-state index contributed by atoms with van der Waals surface area (Å²) in [6.45, 7) is 4.42. The first kappa shape index (κ1) is 20.3. The molecule has 0 saturated heterocycles. The molecule has 0 unspecified atom stereocenters. The zero-order chi connectivity index (χ0) is 18.1. The van der Waals surface area contributed by atoms with Crippen LogP contribution in [0.2, 0.25) is 0 Å². The fraction of sp³-hybridized carbons (Fsp3) is 0.909. The number of carbonyl (C=O) groups excluding carboxylic acids is 1. The van der Waals surface area contributed by atoms with Crippen molar-refractivity contribution < 1.29 is 9.53 Å². The van der Waals surface area contributed by atoms with E-state index in [0.29, 0.717) is 0 Å². The maximum Gasteiger partial charge on any atom is 0.309 e. The summed E-state index contributed by atoms with van der Waals surface area (Å²) in [6.07, 6.45) is 15.3. The summed E-state index contributed by atoms with van der Waals surface area (Å²) in [4.78, 5) is 12.5. The van der Waals surface area contributed by atoms with Crippen LogP contribution < -0.4 is 0 Å². The number of carbonyl (C=O) groups is 1. The van der Waals surface area contributed by atoms with Crippen LogP contribution in [0, 0.1) is 28.6 Å². The summed E-state index contributed by atoms with van der Waals surface area (Å²) in [5.41, 5.74) is -0.176. The van der Waals surface area contributed by atoms with Crippen LogP contribution in [0.25, 0.3) is 0 Å². The van der Waals surface area contributed by atoms with Crippen LogP contribution in [-0.4, -0.2) is 12.1 Å². The fourth-order valence-electron chi connectivity index (χ4n) is 4.63. The first-order chi connectivity index (χ1) is 12.1. The lowest BCUT2D eigenvalue weighted by Crippen LogP contribution is -2.33. The third kappa shape index (κ3) is 6.01. The lowest BCUT2D eigenvalue weighted by Gasteiger charge is -2.35. The lowest BCUT2D eigenvalue weighted by atomic mass is 9.69. The molecule has 2 fully saturated rings. The van der Waals surface area contributed by atoms with Gasteiger partial charge in [-0.15, -0.1) is 0 Å². The highest BCUT2D eigenvalue weighted by molar-refractivity contribution is 5.72. The minimum absolute atomic E-state index is 0.0130. The molecular formula is C22H37NO2. The van der Waals surface area contributed by atoms with Crippen molar-refractivity contribution in [2.24, 2.45) is 17.3 Å². The Kier molecular flexibility index (Phi) is 8.27. The average Bonchev–Trinajstić information content (AvgIpc) is 2.66. The van der Waals surface area contributed by atoms with Crippen LogP contribution in [0.5, 0.6) is 0 Å². The number of hydrogen-bond donors (Lipinski definition) is 0. The molecule has 0 amide bonds. The standard InChI is InChI=1S/C22H37NO2/c1-3-5-7-18-8-10-20(11-9-18)25-21(24)19-12-15-22(17-23,16-13-19)14-6-4-2/h18-20H,3-16H2,1-2H3/t18?,19-,20?,22-. The van der Waals surface area contributed by atoms with Crippen LogP contribution in [0.1, 0.15) is 104 Å². The van der Waals surface area contributed by atoms with Gasteiger partial charge in [-0.2, -0.15) is 5.26 Å². The number of ether oxygens (including phenoxy) is 1. The van der Waals surface area contributed by atoms with Crippen molar-refractivity contribution >= 4 is 5.97 Å². The molecule has 2 aliphatic carbocycles. The number of nitriles is 1. The van der Waals surface area contributed by atoms with Crippen LogP contribution in [-0.2, 0) is 9.53 Å². The van der Waals surface area contributed by atoms with E-state index in [4.69, 9.17) is 4.74 Å². The van der Waals surface area contributed by atoms with E-state index in [1.165, 1.54) is 32.1 Å². The van der Waals surface area contributed by atoms with Gasteiger partial charge in [-0.1, -0.05) is 46.0 Å². The molecule has 0 bridgehead atoms. The van der Waals surface area contributed by atoms with Gasteiger partial charge < -0.3 is 4.74 Å². The molecular weight excluding hydrogens is 310 g/mol. The summed E-state index contributed by atoms with van der Waals surface area (Å²) < 4.78 is 5.84. The fourth-order valence-corrected chi connectivity index (χ4v) is 4.63. The minimum atomic E-state index is -0.176. The van der Waals surface area contributed by atoms with Crippen molar-refractivity contribution in [3.8, 4) is 6.07 Å². The molecule has 0 atom stereocenters. The highest BCUT2D eigenvalue weighted by Gasteiger charge is 2.38. The Labute approximate surface area is 154 Å². The summed E-state index contributed by atoms with van der Waals surface area (Å²) in [7, 11) is 0. The van der Waals surface area contributed by atoms with Gasteiger partial charge in [0.1, 0.15) is 6.10 Å². The SMILES string of the molecule is CCCCC1CCC(OC(=O)[C@H]2CC[C@@](C#N)(CCCC)CC2)CC1. The number of nitrogens with zero attached hydrogens (tertiary/aromatic N) is 1. The second-order valence-electron chi connectivity index (χ2n) is 8.49. The van der Waals surface area contributed by atoms with Crippen molar-refractivity contribution in [2.75, 3.05) is 0 Å². The van der Waals surface area contributed by atoms with Crippen LogP contribution >= 0.6 is 0 Å². The van der Waals surface area contributed by atoms with Crippen molar-refractivity contribution in [3.05, 3.63) is 0 Å². The number of unbranched alkanes of at least 4 members (excludes halogenated alkanes) is 2. The monoisotopic (exact) mass is 347 g/mol. The first-order valence-electron chi connectivity index (χ1n) is 10.7. The van der Waals surface area contributed by atoms with Gasteiger partial charge >= 0.3 is 5.97 Å². The molecule has 0 radical (unpaired) electrons. The Hall–Kier alpha value is -1.04. The minimum Gasteiger partial charge on any atom is -0.462 e. The van der Waals surface area contributed by atoms with E-state index >= 15 is 0 Å². The third-order valence-electron chi connectivity index (χ3n) is 6.56. The predicted molar refractivity (Wildman–Crippen MR) is 101 cm³/mol. The molecule has 2 aliphatic rings. The number of esters is 1.